The third-order valence-electron chi connectivity index (χ3n) is 2.30. The predicted molar refractivity (Wildman–Crippen MR) is 89.1 cm³/mol. The molecular formula is C16H34CuLiO4. The van der Waals surface area contributed by atoms with E-state index in [2.05, 4.69) is 26.7 Å². The van der Waals surface area contributed by atoms with Gasteiger partial charge in [-0.2, -0.15) is 26.7 Å². The molecule has 0 N–H and O–H groups in total. The van der Waals surface area contributed by atoms with E-state index in [1.165, 1.54) is 0 Å². The van der Waals surface area contributed by atoms with Crippen LogP contribution in [0.2, 0.25) is 0 Å². The predicted octanol–water partition coefficient (Wildman–Crippen LogP) is 3.62. The maximum Gasteiger partial charge on any atom is 2.00 e. The average Bonchev–Trinajstić information content (AvgIpc) is 2.47. The Balaban J connectivity index is -0.000000135. The van der Waals surface area contributed by atoms with Crippen LogP contribution in [0.5, 0.6) is 0 Å². The van der Waals surface area contributed by atoms with Crippen molar-refractivity contribution in [3.8, 4) is 0 Å². The van der Waals surface area contributed by atoms with Crippen LogP contribution in [0, 0.1) is 12.8 Å². The zero-order valence-electron chi connectivity index (χ0n) is 15.2. The van der Waals surface area contributed by atoms with Crippen LogP contribution >= 0.6 is 0 Å². The van der Waals surface area contributed by atoms with Crippen molar-refractivity contribution in [1.29, 1.82) is 0 Å². The average molecular weight is 361 g/mol. The Kier molecular flexibility index (Phi) is 46.9. The molecule has 0 bridgehead atoms. The standard InChI is InChI=1S/2C8H17O2.Cu.Li/c2*1-3-5-6-7-10-8-9-4-2;;/h2*3H,4-8H2,1-2H3;;/q2*-1;+2;. The quantitative estimate of drug-likeness (QED) is 0.205. The van der Waals surface area contributed by atoms with Crippen LogP contribution in [0.3, 0.4) is 0 Å². The van der Waals surface area contributed by atoms with Crippen molar-refractivity contribution >= 4 is 18.9 Å². The van der Waals surface area contributed by atoms with Crippen molar-refractivity contribution < 1.29 is 36.0 Å². The van der Waals surface area contributed by atoms with Gasteiger partial charge in [-0.05, 0) is 13.8 Å². The monoisotopic (exact) mass is 360 g/mol. The van der Waals surface area contributed by atoms with E-state index in [0.29, 0.717) is 13.6 Å². The van der Waals surface area contributed by atoms with Crippen LogP contribution in [-0.2, 0) is 36.0 Å². The third-order valence-corrected chi connectivity index (χ3v) is 2.30. The first kappa shape index (κ1) is 30.8. The van der Waals surface area contributed by atoms with Gasteiger partial charge in [0, 0.05) is 45.3 Å². The van der Waals surface area contributed by atoms with Gasteiger partial charge < -0.3 is 31.8 Å². The van der Waals surface area contributed by atoms with Crippen molar-refractivity contribution in [3.05, 3.63) is 12.8 Å². The molecule has 0 aliphatic rings. The Morgan fingerprint density at radius 2 is 1.05 bits per heavy atom. The molecule has 6 heteroatoms. The van der Waals surface area contributed by atoms with Crippen molar-refractivity contribution in [2.45, 2.75) is 53.4 Å². The van der Waals surface area contributed by atoms with Gasteiger partial charge in [-0.1, -0.05) is 12.8 Å². The van der Waals surface area contributed by atoms with E-state index in [1.54, 1.807) is 0 Å². The number of hydrogen-bond donors (Lipinski definition) is 0. The maximum atomic E-state index is 5.13. The molecule has 134 valence electrons. The number of unbranched alkanes of at least 4 members (excludes halogenated alkanes) is 4. The SMILES string of the molecule is C[CH-]CCCOCOCC.C[CH-]CCCOCOCC.[Cu+2].[Li]. The molecule has 0 fully saturated rings. The molecule has 0 heterocycles. The summed E-state index contributed by atoms with van der Waals surface area (Å²) in [6.45, 7) is 12.0. The van der Waals surface area contributed by atoms with E-state index in [0.717, 1.165) is 52.1 Å². The smallest absolute Gasteiger partial charge is 0.356 e. The minimum absolute atomic E-state index is 0. The summed E-state index contributed by atoms with van der Waals surface area (Å²) >= 11 is 0. The van der Waals surface area contributed by atoms with E-state index < -0.39 is 0 Å². The molecule has 0 spiro atoms. The molecule has 0 aliphatic carbocycles. The van der Waals surface area contributed by atoms with Gasteiger partial charge in [0.15, 0.2) is 0 Å². The fraction of sp³-hybridized carbons (Fsp3) is 0.875. The van der Waals surface area contributed by atoms with Gasteiger partial charge in [0.1, 0.15) is 13.6 Å². The molecule has 0 unspecified atom stereocenters. The van der Waals surface area contributed by atoms with E-state index in [9.17, 15) is 0 Å². The normalized spacial score (nSPS) is 9.27. The number of rotatable bonds is 14. The van der Waals surface area contributed by atoms with E-state index in [1.807, 2.05) is 13.8 Å². The summed E-state index contributed by atoms with van der Waals surface area (Å²) in [5.41, 5.74) is 0. The van der Waals surface area contributed by atoms with Gasteiger partial charge in [0.05, 0.1) is 0 Å². The fourth-order valence-electron chi connectivity index (χ4n) is 1.18. The summed E-state index contributed by atoms with van der Waals surface area (Å²) in [7, 11) is 0. The zero-order valence-corrected chi connectivity index (χ0v) is 16.1. The Morgan fingerprint density at radius 3 is 1.32 bits per heavy atom. The molecule has 4 nitrogen and oxygen atoms in total. The fourth-order valence-corrected chi connectivity index (χ4v) is 1.18. The first-order valence-electron chi connectivity index (χ1n) is 7.69. The van der Waals surface area contributed by atoms with Crippen LogP contribution in [0.15, 0.2) is 0 Å². The van der Waals surface area contributed by atoms with Gasteiger partial charge in [-0.25, -0.2) is 0 Å². The van der Waals surface area contributed by atoms with E-state index in [4.69, 9.17) is 18.9 Å². The summed E-state index contributed by atoms with van der Waals surface area (Å²) in [6, 6.07) is 0. The largest absolute Gasteiger partial charge is 2.00 e. The second-order valence-corrected chi connectivity index (χ2v) is 4.14. The summed E-state index contributed by atoms with van der Waals surface area (Å²) in [4.78, 5) is 0. The molecule has 0 aromatic heterocycles. The molecule has 0 aromatic carbocycles. The Morgan fingerprint density at radius 1 is 0.682 bits per heavy atom. The van der Waals surface area contributed by atoms with Gasteiger partial charge in [0.2, 0.25) is 0 Å². The molecule has 0 aliphatic heterocycles. The Bertz CT molecular complexity index is 122. The Labute approximate surface area is 161 Å². The molecule has 0 saturated carbocycles. The molecule has 0 atom stereocenters. The summed E-state index contributed by atoms with van der Waals surface area (Å²) in [5.74, 6) is 0. The number of hydrogen-bond acceptors (Lipinski definition) is 4. The molecule has 0 saturated heterocycles. The van der Waals surface area contributed by atoms with Crippen LogP contribution in [0.1, 0.15) is 53.4 Å². The first-order valence-corrected chi connectivity index (χ1v) is 7.69. The van der Waals surface area contributed by atoms with Crippen LogP contribution in [-0.4, -0.2) is 58.9 Å². The minimum atomic E-state index is 0. The summed E-state index contributed by atoms with van der Waals surface area (Å²) in [5, 5.41) is 0. The van der Waals surface area contributed by atoms with Gasteiger partial charge in [0.25, 0.3) is 0 Å². The van der Waals surface area contributed by atoms with Gasteiger partial charge in [-0.3, -0.25) is 0 Å². The molecule has 0 rings (SSSR count). The number of ether oxygens (including phenoxy) is 4. The minimum Gasteiger partial charge on any atom is -0.356 e. The van der Waals surface area contributed by atoms with Gasteiger partial charge >= 0.3 is 17.1 Å². The van der Waals surface area contributed by atoms with Crippen molar-refractivity contribution in [1.82, 2.24) is 0 Å². The first-order chi connectivity index (χ1) is 9.83. The molecule has 2 radical (unpaired) electrons. The van der Waals surface area contributed by atoms with Gasteiger partial charge in [-0.15, -0.1) is 0 Å². The van der Waals surface area contributed by atoms with Crippen LogP contribution < -0.4 is 0 Å². The Hall–Kier alpha value is 0.957. The molecule has 0 amide bonds. The summed E-state index contributed by atoms with van der Waals surface area (Å²) < 4.78 is 20.2. The van der Waals surface area contributed by atoms with Crippen molar-refractivity contribution in [3.63, 3.8) is 0 Å². The summed E-state index contributed by atoms with van der Waals surface area (Å²) in [6.07, 6.45) is 8.75. The third kappa shape index (κ3) is 37.3. The zero-order chi connectivity index (χ0) is 15.3. The van der Waals surface area contributed by atoms with E-state index >= 15 is 0 Å². The topological polar surface area (TPSA) is 36.9 Å². The molecular weight excluding hydrogens is 327 g/mol. The van der Waals surface area contributed by atoms with E-state index in [-0.39, 0.29) is 35.9 Å². The van der Waals surface area contributed by atoms with Crippen LogP contribution in [0.25, 0.3) is 0 Å². The van der Waals surface area contributed by atoms with Crippen molar-refractivity contribution in [2.24, 2.45) is 0 Å². The second-order valence-electron chi connectivity index (χ2n) is 4.14. The molecule has 22 heavy (non-hydrogen) atoms. The van der Waals surface area contributed by atoms with Crippen molar-refractivity contribution in [2.75, 3.05) is 40.0 Å². The maximum absolute atomic E-state index is 5.13. The second kappa shape index (κ2) is 33.5. The molecule has 0 aromatic rings. The van der Waals surface area contributed by atoms with Crippen LogP contribution in [0.4, 0.5) is 0 Å².